The van der Waals surface area contributed by atoms with Gasteiger partial charge in [0.1, 0.15) is 4.90 Å². The van der Waals surface area contributed by atoms with Crippen LogP contribution in [0.3, 0.4) is 0 Å². The van der Waals surface area contributed by atoms with E-state index in [0.29, 0.717) is 12.8 Å². The molecule has 21 heavy (non-hydrogen) atoms. The average Bonchev–Trinajstić information content (AvgIpc) is 2.82. The molecule has 1 atom stereocenters. The molecule has 1 aromatic rings. The molecule has 1 aliphatic heterocycles. The number of rotatable bonds is 5. The van der Waals surface area contributed by atoms with Crippen molar-refractivity contribution in [3.05, 3.63) is 28.3 Å². The minimum Gasteiger partial charge on any atom is -0.398 e. The summed E-state index contributed by atoms with van der Waals surface area (Å²) in [4.78, 5) is 20.7. The zero-order chi connectivity index (χ0) is 15.6. The molecule has 1 amide bonds. The van der Waals surface area contributed by atoms with Gasteiger partial charge in [-0.3, -0.25) is 14.9 Å². The monoisotopic (exact) mass is 314 g/mol. The first-order valence-corrected chi connectivity index (χ1v) is 7.61. The molecule has 1 aliphatic rings. The topological polar surface area (TPSA) is 144 Å². The Balaban J connectivity index is 2.17. The van der Waals surface area contributed by atoms with Crippen molar-refractivity contribution in [2.24, 2.45) is 0 Å². The van der Waals surface area contributed by atoms with E-state index in [9.17, 15) is 23.3 Å². The SMILES string of the molecule is Nc1ccc([N+](=O)[O-])cc1S(=O)(=O)NCC1CCC(=O)N1. The lowest BCUT2D eigenvalue weighted by Gasteiger charge is -2.12. The highest BCUT2D eigenvalue weighted by Gasteiger charge is 2.25. The number of non-ortho nitro benzene ring substituents is 1. The fraction of sp³-hybridized carbons (Fsp3) is 0.364. The fourth-order valence-corrected chi connectivity index (χ4v) is 3.22. The maximum Gasteiger partial charge on any atom is 0.270 e. The Morgan fingerprint density at radius 2 is 2.19 bits per heavy atom. The summed E-state index contributed by atoms with van der Waals surface area (Å²) in [6.45, 7) is 0.0101. The zero-order valence-corrected chi connectivity index (χ0v) is 11.7. The number of nitro groups is 1. The van der Waals surface area contributed by atoms with Crippen molar-refractivity contribution < 1.29 is 18.1 Å². The first-order chi connectivity index (χ1) is 9.79. The van der Waals surface area contributed by atoms with E-state index in [-0.39, 0.29) is 34.8 Å². The van der Waals surface area contributed by atoms with Crippen LogP contribution < -0.4 is 15.8 Å². The van der Waals surface area contributed by atoms with Crippen LogP contribution in [0.1, 0.15) is 12.8 Å². The fourth-order valence-electron chi connectivity index (χ4n) is 1.99. The maximum atomic E-state index is 12.1. The van der Waals surface area contributed by atoms with Gasteiger partial charge in [0.05, 0.1) is 10.6 Å². The van der Waals surface area contributed by atoms with Crippen molar-refractivity contribution >= 4 is 27.3 Å². The number of nitrogens with two attached hydrogens (primary N) is 1. The number of nitrogens with zero attached hydrogens (tertiary/aromatic N) is 1. The highest BCUT2D eigenvalue weighted by Crippen LogP contribution is 2.23. The van der Waals surface area contributed by atoms with Gasteiger partial charge in [0.15, 0.2) is 0 Å². The molecule has 1 fully saturated rings. The smallest absolute Gasteiger partial charge is 0.270 e. The number of benzene rings is 1. The van der Waals surface area contributed by atoms with Crippen molar-refractivity contribution in [3.63, 3.8) is 0 Å². The third-order valence-electron chi connectivity index (χ3n) is 3.10. The Kier molecular flexibility index (Phi) is 4.09. The van der Waals surface area contributed by atoms with E-state index in [1.165, 1.54) is 6.07 Å². The van der Waals surface area contributed by atoms with E-state index in [0.717, 1.165) is 12.1 Å². The second-order valence-electron chi connectivity index (χ2n) is 4.63. The third-order valence-corrected chi connectivity index (χ3v) is 4.58. The van der Waals surface area contributed by atoms with Crippen LogP contribution in [0.5, 0.6) is 0 Å². The molecule has 0 bridgehead atoms. The summed E-state index contributed by atoms with van der Waals surface area (Å²) in [5.41, 5.74) is 5.13. The molecule has 10 heteroatoms. The highest BCUT2D eigenvalue weighted by molar-refractivity contribution is 7.89. The third kappa shape index (κ3) is 3.47. The first-order valence-electron chi connectivity index (χ1n) is 6.12. The maximum absolute atomic E-state index is 12.1. The minimum atomic E-state index is -3.98. The van der Waals surface area contributed by atoms with Gasteiger partial charge in [0.2, 0.25) is 15.9 Å². The lowest BCUT2D eigenvalue weighted by Crippen LogP contribution is -2.38. The van der Waals surface area contributed by atoms with Gasteiger partial charge in [-0.25, -0.2) is 13.1 Å². The van der Waals surface area contributed by atoms with Crippen LogP contribution in [-0.4, -0.2) is 31.8 Å². The number of sulfonamides is 1. The Morgan fingerprint density at radius 1 is 1.48 bits per heavy atom. The van der Waals surface area contributed by atoms with E-state index in [1.807, 2.05) is 0 Å². The molecule has 9 nitrogen and oxygen atoms in total. The molecule has 1 saturated heterocycles. The summed E-state index contributed by atoms with van der Waals surface area (Å²) >= 11 is 0. The van der Waals surface area contributed by atoms with Crippen LogP contribution >= 0.6 is 0 Å². The molecule has 114 valence electrons. The van der Waals surface area contributed by atoms with Crippen molar-refractivity contribution in [1.29, 1.82) is 0 Å². The van der Waals surface area contributed by atoms with Gasteiger partial charge in [0.25, 0.3) is 5.69 Å². The summed E-state index contributed by atoms with van der Waals surface area (Å²) in [5.74, 6) is -0.130. The molecule has 0 radical (unpaired) electrons. The number of nitrogen functional groups attached to an aromatic ring is 1. The lowest BCUT2D eigenvalue weighted by molar-refractivity contribution is -0.385. The molecule has 0 saturated carbocycles. The van der Waals surface area contributed by atoms with Crippen LogP contribution in [0.15, 0.2) is 23.1 Å². The van der Waals surface area contributed by atoms with Gasteiger partial charge in [-0.1, -0.05) is 0 Å². The summed E-state index contributed by atoms with van der Waals surface area (Å²) in [6.07, 6.45) is 0.886. The molecule has 1 heterocycles. The van der Waals surface area contributed by atoms with Crippen LogP contribution in [0, 0.1) is 10.1 Å². The normalized spacial score (nSPS) is 18.5. The summed E-state index contributed by atoms with van der Waals surface area (Å²) in [7, 11) is -3.98. The molecule has 0 aliphatic carbocycles. The summed E-state index contributed by atoms with van der Waals surface area (Å²) < 4.78 is 26.6. The van der Waals surface area contributed by atoms with Crippen molar-refractivity contribution in [1.82, 2.24) is 10.0 Å². The second kappa shape index (κ2) is 5.66. The Labute approximate surface area is 120 Å². The van der Waals surface area contributed by atoms with Gasteiger partial charge in [-0.05, 0) is 12.5 Å². The van der Waals surface area contributed by atoms with Gasteiger partial charge < -0.3 is 11.1 Å². The average molecular weight is 314 g/mol. The van der Waals surface area contributed by atoms with Crippen LogP contribution in [0.25, 0.3) is 0 Å². The van der Waals surface area contributed by atoms with E-state index in [1.54, 1.807) is 0 Å². The summed E-state index contributed by atoms with van der Waals surface area (Å²) in [5, 5.41) is 13.3. The Bertz CT molecular complexity index is 688. The second-order valence-corrected chi connectivity index (χ2v) is 6.37. The molecule has 1 aromatic carbocycles. The van der Waals surface area contributed by atoms with Crippen LogP contribution in [0.2, 0.25) is 0 Å². The van der Waals surface area contributed by atoms with Gasteiger partial charge in [-0.15, -0.1) is 0 Å². The minimum absolute atomic E-state index is 0.0101. The number of nitro benzene ring substituents is 1. The van der Waals surface area contributed by atoms with E-state index >= 15 is 0 Å². The lowest BCUT2D eigenvalue weighted by atomic mass is 10.2. The Morgan fingerprint density at radius 3 is 2.76 bits per heavy atom. The van der Waals surface area contributed by atoms with Crippen LogP contribution in [-0.2, 0) is 14.8 Å². The number of carbonyl (C=O) groups is 1. The van der Waals surface area contributed by atoms with Crippen molar-refractivity contribution in [2.75, 3.05) is 12.3 Å². The van der Waals surface area contributed by atoms with Gasteiger partial charge in [0, 0.05) is 31.1 Å². The number of hydrogen-bond donors (Lipinski definition) is 3. The van der Waals surface area contributed by atoms with Crippen LogP contribution in [0.4, 0.5) is 11.4 Å². The largest absolute Gasteiger partial charge is 0.398 e. The van der Waals surface area contributed by atoms with Gasteiger partial charge in [-0.2, -0.15) is 0 Å². The zero-order valence-electron chi connectivity index (χ0n) is 10.9. The quantitative estimate of drug-likeness (QED) is 0.388. The summed E-state index contributed by atoms with van der Waals surface area (Å²) in [6, 6.07) is 2.92. The van der Waals surface area contributed by atoms with E-state index < -0.39 is 14.9 Å². The molecular weight excluding hydrogens is 300 g/mol. The number of carbonyl (C=O) groups excluding carboxylic acids is 1. The van der Waals surface area contributed by atoms with Gasteiger partial charge >= 0.3 is 0 Å². The first kappa shape index (κ1) is 15.2. The predicted molar refractivity (Wildman–Crippen MR) is 73.9 cm³/mol. The highest BCUT2D eigenvalue weighted by atomic mass is 32.2. The molecular formula is C11H14N4O5S. The number of anilines is 1. The van der Waals surface area contributed by atoms with Crippen molar-refractivity contribution in [3.8, 4) is 0 Å². The predicted octanol–water partition coefficient (Wildman–Crippen LogP) is -0.266. The standard InChI is InChI=1S/C11H14N4O5S/c12-9-3-2-8(15(17)18)5-10(9)21(19,20)13-6-7-1-4-11(16)14-7/h2-3,5,7,13H,1,4,6,12H2,(H,14,16). The number of hydrogen-bond acceptors (Lipinski definition) is 6. The molecule has 0 aromatic heterocycles. The molecule has 4 N–H and O–H groups in total. The van der Waals surface area contributed by atoms with Crippen molar-refractivity contribution in [2.45, 2.75) is 23.8 Å². The van der Waals surface area contributed by atoms with E-state index in [2.05, 4.69) is 10.0 Å². The Hall–Kier alpha value is -2.20. The number of nitrogens with one attached hydrogen (secondary N) is 2. The molecule has 2 rings (SSSR count). The molecule has 0 spiro atoms. The number of amides is 1. The molecule has 1 unspecified atom stereocenters. The van der Waals surface area contributed by atoms with E-state index in [4.69, 9.17) is 5.73 Å².